The Bertz CT molecular complexity index is 972. The molecule has 9 heteroatoms. The lowest BCUT2D eigenvalue weighted by atomic mass is 10.3. The van der Waals surface area contributed by atoms with Crippen molar-refractivity contribution in [2.45, 2.75) is 17.7 Å². The van der Waals surface area contributed by atoms with E-state index in [-0.39, 0.29) is 35.4 Å². The van der Waals surface area contributed by atoms with Crippen LogP contribution in [0.4, 0.5) is 6.01 Å². The van der Waals surface area contributed by atoms with Gasteiger partial charge in [0.25, 0.3) is 5.89 Å². The first kappa shape index (κ1) is 17.7. The van der Waals surface area contributed by atoms with Crippen molar-refractivity contribution in [1.29, 1.82) is 0 Å². The van der Waals surface area contributed by atoms with Gasteiger partial charge in [0.05, 0.1) is 10.6 Å². The molecule has 134 valence electrons. The fourth-order valence-corrected chi connectivity index (χ4v) is 3.55. The Labute approximate surface area is 150 Å². The van der Waals surface area contributed by atoms with Crippen LogP contribution in [0.1, 0.15) is 12.8 Å². The first-order chi connectivity index (χ1) is 12.5. The van der Waals surface area contributed by atoms with E-state index in [0.29, 0.717) is 5.69 Å². The van der Waals surface area contributed by atoms with Gasteiger partial charge in [0.1, 0.15) is 5.69 Å². The van der Waals surface area contributed by atoms with Crippen LogP contribution in [0.15, 0.2) is 64.0 Å². The number of anilines is 1. The number of sulfone groups is 1. The monoisotopic (exact) mass is 372 g/mol. The minimum absolute atomic E-state index is 0.0212. The molecule has 0 spiro atoms. The number of aromatic nitrogens is 3. The van der Waals surface area contributed by atoms with Gasteiger partial charge in [0.2, 0.25) is 5.91 Å². The number of pyridine rings is 1. The van der Waals surface area contributed by atoms with Crippen molar-refractivity contribution >= 4 is 21.8 Å². The molecule has 0 aliphatic carbocycles. The van der Waals surface area contributed by atoms with Gasteiger partial charge in [-0.3, -0.25) is 15.1 Å². The first-order valence-electron chi connectivity index (χ1n) is 7.87. The number of carbonyl (C=O) groups is 1. The summed E-state index contributed by atoms with van der Waals surface area (Å²) in [6.07, 6.45) is 1.79. The lowest BCUT2D eigenvalue weighted by Gasteiger charge is -2.04. The molecule has 0 unspecified atom stereocenters. The molecule has 1 N–H and O–H groups in total. The van der Waals surface area contributed by atoms with Crippen molar-refractivity contribution < 1.29 is 17.6 Å². The summed E-state index contributed by atoms with van der Waals surface area (Å²) in [6, 6.07) is 13.3. The molecule has 0 fully saturated rings. The summed E-state index contributed by atoms with van der Waals surface area (Å²) in [5, 5.41) is 10.00. The van der Waals surface area contributed by atoms with Crippen LogP contribution >= 0.6 is 0 Å². The molecule has 0 aliphatic rings. The molecule has 0 aliphatic heterocycles. The van der Waals surface area contributed by atoms with Gasteiger partial charge in [-0.2, -0.15) is 0 Å². The maximum Gasteiger partial charge on any atom is 0.322 e. The fourth-order valence-electron chi connectivity index (χ4n) is 2.22. The van der Waals surface area contributed by atoms with Crippen LogP contribution in [0.3, 0.4) is 0 Å². The maximum atomic E-state index is 12.2. The second-order valence-electron chi connectivity index (χ2n) is 5.41. The number of nitrogens with zero attached hydrogens (tertiary/aromatic N) is 3. The molecule has 0 saturated heterocycles. The highest BCUT2D eigenvalue weighted by molar-refractivity contribution is 7.91. The predicted molar refractivity (Wildman–Crippen MR) is 93.9 cm³/mol. The molecule has 2 heterocycles. The highest BCUT2D eigenvalue weighted by Crippen LogP contribution is 2.17. The van der Waals surface area contributed by atoms with Gasteiger partial charge in [-0.05, 0) is 30.7 Å². The Morgan fingerprint density at radius 3 is 2.54 bits per heavy atom. The molecule has 0 saturated carbocycles. The largest absolute Gasteiger partial charge is 0.401 e. The van der Waals surface area contributed by atoms with Gasteiger partial charge in [-0.15, -0.1) is 5.10 Å². The van der Waals surface area contributed by atoms with E-state index in [1.54, 1.807) is 42.6 Å². The van der Waals surface area contributed by atoms with Crippen LogP contribution in [0.2, 0.25) is 0 Å². The van der Waals surface area contributed by atoms with Crippen molar-refractivity contribution in [3.63, 3.8) is 0 Å². The molecule has 3 aromatic rings. The number of rotatable bonds is 7. The average Bonchev–Trinajstić information content (AvgIpc) is 3.11. The summed E-state index contributed by atoms with van der Waals surface area (Å²) in [5.41, 5.74) is 0.495. The molecule has 0 atom stereocenters. The predicted octanol–water partition coefficient (Wildman–Crippen LogP) is 2.32. The first-order valence-corrected chi connectivity index (χ1v) is 9.52. The Morgan fingerprint density at radius 1 is 1.04 bits per heavy atom. The summed E-state index contributed by atoms with van der Waals surface area (Å²) in [5.74, 6) is -0.329. The fraction of sp³-hybridized carbons (Fsp3) is 0.176. The van der Waals surface area contributed by atoms with E-state index in [1.165, 1.54) is 12.1 Å². The van der Waals surface area contributed by atoms with Crippen LogP contribution < -0.4 is 5.32 Å². The van der Waals surface area contributed by atoms with Gasteiger partial charge >= 0.3 is 6.01 Å². The zero-order chi connectivity index (χ0) is 18.4. The normalized spacial score (nSPS) is 11.2. The third-order valence-corrected chi connectivity index (χ3v) is 5.29. The van der Waals surface area contributed by atoms with Crippen molar-refractivity contribution in [2.24, 2.45) is 0 Å². The minimum Gasteiger partial charge on any atom is -0.401 e. The maximum absolute atomic E-state index is 12.2. The Balaban J connectivity index is 1.51. The van der Waals surface area contributed by atoms with Crippen LogP contribution in [0.5, 0.6) is 0 Å². The smallest absolute Gasteiger partial charge is 0.322 e. The zero-order valence-electron chi connectivity index (χ0n) is 13.7. The lowest BCUT2D eigenvalue weighted by molar-refractivity contribution is -0.116. The number of nitrogens with one attached hydrogen (secondary N) is 1. The summed E-state index contributed by atoms with van der Waals surface area (Å²) in [4.78, 5) is 16.3. The van der Waals surface area contributed by atoms with Crippen molar-refractivity contribution in [1.82, 2.24) is 15.2 Å². The highest BCUT2D eigenvalue weighted by atomic mass is 32.2. The summed E-state index contributed by atoms with van der Waals surface area (Å²) < 4.78 is 29.6. The Morgan fingerprint density at radius 2 is 1.81 bits per heavy atom. The van der Waals surface area contributed by atoms with Gasteiger partial charge in [0.15, 0.2) is 9.84 Å². The van der Waals surface area contributed by atoms with E-state index < -0.39 is 15.7 Å². The van der Waals surface area contributed by atoms with E-state index in [0.717, 1.165) is 0 Å². The SMILES string of the molecule is O=C(CCCS(=O)(=O)c1ccccc1)Nc1nnc(-c2ccccn2)o1. The second kappa shape index (κ2) is 7.87. The van der Waals surface area contributed by atoms with Gasteiger partial charge in [0, 0.05) is 12.6 Å². The molecule has 0 bridgehead atoms. The molecule has 1 aromatic carbocycles. The number of carbonyl (C=O) groups excluding carboxylic acids is 1. The van der Waals surface area contributed by atoms with Crippen LogP contribution in [-0.2, 0) is 14.6 Å². The average molecular weight is 372 g/mol. The van der Waals surface area contributed by atoms with E-state index in [2.05, 4.69) is 20.5 Å². The number of amides is 1. The molecule has 2 aromatic heterocycles. The van der Waals surface area contributed by atoms with Gasteiger partial charge in [-0.25, -0.2) is 8.42 Å². The van der Waals surface area contributed by atoms with Crippen LogP contribution in [-0.4, -0.2) is 35.3 Å². The van der Waals surface area contributed by atoms with Crippen molar-refractivity contribution in [2.75, 3.05) is 11.1 Å². The standard InChI is InChI=1S/C17H16N4O4S/c22-15(10-6-12-26(23,24)13-7-2-1-3-8-13)19-17-21-20-16(25-17)14-9-4-5-11-18-14/h1-5,7-9,11H,6,10,12H2,(H,19,21,22). The third-order valence-electron chi connectivity index (χ3n) is 3.47. The van der Waals surface area contributed by atoms with Crippen LogP contribution in [0.25, 0.3) is 11.6 Å². The Kier molecular flexibility index (Phi) is 5.37. The molecule has 8 nitrogen and oxygen atoms in total. The van der Waals surface area contributed by atoms with Crippen molar-refractivity contribution in [3.8, 4) is 11.6 Å². The Hall–Kier alpha value is -3.07. The number of hydrogen-bond acceptors (Lipinski definition) is 7. The summed E-state index contributed by atoms with van der Waals surface area (Å²) in [7, 11) is -3.40. The summed E-state index contributed by atoms with van der Waals surface area (Å²) in [6.45, 7) is 0. The molecular weight excluding hydrogens is 356 g/mol. The number of hydrogen-bond donors (Lipinski definition) is 1. The van der Waals surface area contributed by atoms with E-state index >= 15 is 0 Å². The minimum atomic E-state index is -3.40. The molecular formula is C17H16N4O4S. The molecule has 3 rings (SSSR count). The van der Waals surface area contributed by atoms with Gasteiger partial charge < -0.3 is 4.42 Å². The topological polar surface area (TPSA) is 115 Å². The lowest BCUT2D eigenvalue weighted by Crippen LogP contribution is -2.14. The quantitative estimate of drug-likeness (QED) is 0.676. The molecule has 0 radical (unpaired) electrons. The number of benzene rings is 1. The highest BCUT2D eigenvalue weighted by Gasteiger charge is 2.16. The molecule has 26 heavy (non-hydrogen) atoms. The molecule has 1 amide bonds. The summed E-state index contributed by atoms with van der Waals surface area (Å²) >= 11 is 0. The van der Waals surface area contributed by atoms with Gasteiger partial charge in [-0.1, -0.05) is 29.4 Å². The van der Waals surface area contributed by atoms with Crippen molar-refractivity contribution in [3.05, 3.63) is 54.7 Å². The van der Waals surface area contributed by atoms with E-state index in [9.17, 15) is 13.2 Å². The zero-order valence-corrected chi connectivity index (χ0v) is 14.5. The van der Waals surface area contributed by atoms with E-state index in [4.69, 9.17) is 4.42 Å². The third kappa shape index (κ3) is 4.51. The second-order valence-corrected chi connectivity index (χ2v) is 7.52. The van der Waals surface area contributed by atoms with Crippen LogP contribution in [0, 0.1) is 0 Å². The van der Waals surface area contributed by atoms with E-state index in [1.807, 2.05) is 0 Å².